The van der Waals surface area contributed by atoms with Crippen molar-refractivity contribution < 1.29 is 14.3 Å². The van der Waals surface area contributed by atoms with E-state index < -0.39 is 5.92 Å². The zero-order valence-electron chi connectivity index (χ0n) is 12.0. The largest absolute Gasteiger partial charge is 0.469 e. The van der Waals surface area contributed by atoms with E-state index in [0.29, 0.717) is 5.78 Å². The lowest BCUT2D eigenvalue weighted by atomic mass is 10.1. The summed E-state index contributed by atoms with van der Waals surface area (Å²) in [6, 6.07) is 1.88. The Balaban J connectivity index is 1.96. The van der Waals surface area contributed by atoms with Crippen molar-refractivity contribution in [2.45, 2.75) is 20.3 Å². The number of hydrogen-bond donors (Lipinski definition) is 0. The van der Waals surface area contributed by atoms with Gasteiger partial charge >= 0.3 is 5.97 Å². The lowest BCUT2D eigenvalue weighted by Crippen LogP contribution is -2.27. The maximum Gasteiger partial charge on any atom is 0.311 e. The summed E-state index contributed by atoms with van der Waals surface area (Å²) < 4.78 is 6.27. The number of hydrogen-bond acceptors (Lipinski definition) is 6. The highest BCUT2D eigenvalue weighted by Crippen LogP contribution is 2.23. The van der Waals surface area contributed by atoms with E-state index in [4.69, 9.17) is 0 Å². The van der Waals surface area contributed by atoms with Gasteiger partial charge in [-0.05, 0) is 19.9 Å². The van der Waals surface area contributed by atoms with Gasteiger partial charge in [-0.1, -0.05) is 0 Å². The van der Waals surface area contributed by atoms with Crippen molar-refractivity contribution in [1.82, 2.24) is 19.6 Å². The number of nitrogens with zero attached hydrogens (tertiary/aromatic N) is 5. The Labute approximate surface area is 120 Å². The Kier molecular flexibility index (Phi) is 3.08. The van der Waals surface area contributed by atoms with Gasteiger partial charge in [0.1, 0.15) is 0 Å². The number of aromatic nitrogens is 4. The second kappa shape index (κ2) is 4.80. The molecule has 0 saturated carbocycles. The van der Waals surface area contributed by atoms with Crippen LogP contribution in [0.1, 0.15) is 17.8 Å². The molecule has 0 aliphatic carbocycles. The van der Waals surface area contributed by atoms with Crippen LogP contribution in [0.5, 0.6) is 0 Å². The molecule has 1 aliphatic rings. The molecule has 0 spiro atoms. The summed E-state index contributed by atoms with van der Waals surface area (Å²) in [5.74, 6) is -0.329. The molecule has 0 N–H and O–H groups in total. The number of ether oxygens (including phenoxy) is 1. The molecule has 1 saturated heterocycles. The molecule has 2 aromatic rings. The first-order chi connectivity index (χ1) is 9.99. The highest BCUT2D eigenvalue weighted by atomic mass is 16.5. The minimum Gasteiger partial charge on any atom is -0.469 e. The van der Waals surface area contributed by atoms with Crippen molar-refractivity contribution in [2.75, 3.05) is 18.6 Å². The number of fused-ring (bicyclic) bond motifs is 1. The van der Waals surface area contributed by atoms with Crippen LogP contribution in [0.2, 0.25) is 0 Å². The molecule has 0 radical (unpaired) electrons. The minimum atomic E-state index is -0.468. The van der Waals surface area contributed by atoms with Gasteiger partial charge in [-0.2, -0.15) is 9.50 Å². The Morgan fingerprint density at radius 1 is 1.38 bits per heavy atom. The highest BCUT2D eigenvalue weighted by molar-refractivity contribution is 5.98. The minimum absolute atomic E-state index is 0.119. The van der Waals surface area contributed by atoms with Crippen molar-refractivity contribution in [2.24, 2.45) is 5.92 Å². The van der Waals surface area contributed by atoms with Gasteiger partial charge in [0.2, 0.25) is 5.91 Å². The van der Waals surface area contributed by atoms with E-state index in [1.54, 1.807) is 4.52 Å². The fourth-order valence-corrected chi connectivity index (χ4v) is 2.50. The molecule has 8 heteroatoms. The molecule has 2 aromatic heterocycles. The van der Waals surface area contributed by atoms with Crippen LogP contribution in [0.3, 0.4) is 0 Å². The zero-order chi connectivity index (χ0) is 15.1. The normalized spacial score (nSPS) is 18.5. The van der Waals surface area contributed by atoms with E-state index in [0.717, 1.165) is 11.4 Å². The van der Waals surface area contributed by atoms with Gasteiger partial charge in [-0.3, -0.25) is 14.5 Å². The van der Waals surface area contributed by atoms with Crippen molar-refractivity contribution in [3.8, 4) is 0 Å². The number of methoxy groups -OCH3 is 1. The average molecular weight is 289 g/mol. The van der Waals surface area contributed by atoms with E-state index in [2.05, 4.69) is 19.8 Å². The third-order valence-corrected chi connectivity index (χ3v) is 3.51. The lowest BCUT2D eigenvalue weighted by Gasteiger charge is -2.10. The van der Waals surface area contributed by atoms with Crippen LogP contribution in [-0.4, -0.2) is 45.1 Å². The summed E-state index contributed by atoms with van der Waals surface area (Å²) in [4.78, 5) is 33.6. The summed E-state index contributed by atoms with van der Waals surface area (Å²) >= 11 is 0. The molecule has 3 rings (SSSR count). The molecule has 0 bridgehead atoms. The van der Waals surface area contributed by atoms with Crippen LogP contribution < -0.4 is 4.90 Å². The van der Waals surface area contributed by atoms with Crippen LogP contribution >= 0.6 is 0 Å². The van der Waals surface area contributed by atoms with Gasteiger partial charge in [-0.25, -0.2) is 4.98 Å². The fourth-order valence-electron chi connectivity index (χ4n) is 2.50. The molecule has 1 amide bonds. The molecule has 21 heavy (non-hydrogen) atoms. The highest BCUT2D eigenvalue weighted by Gasteiger charge is 2.37. The van der Waals surface area contributed by atoms with Gasteiger partial charge in [-0.15, -0.1) is 5.10 Å². The summed E-state index contributed by atoms with van der Waals surface area (Å²) in [6.07, 6.45) is 0.119. The van der Waals surface area contributed by atoms with Gasteiger partial charge in [0.15, 0.2) is 0 Å². The van der Waals surface area contributed by atoms with Gasteiger partial charge in [0.05, 0.1) is 13.0 Å². The SMILES string of the molecule is COC(=O)C1CC(=O)N(c2nc3nc(C)cc(C)n3n2)C1. The van der Waals surface area contributed by atoms with Crippen molar-refractivity contribution in [3.05, 3.63) is 17.5 Å². The first-order valence-corrected chi connectivity index (χ1v) is 6.59. The summed E-state index contributed by atoms with van der Waals surface area (Å²) in [5, 5.41) is 4.30. The topological polar surface area (TPSA) is 89.7 Å². The van der Waals surface area contributed by atoms with Crippen molar-refractivity contribution in [1.29, 1.82) is 0 Å². The van der Waals surface area contributed by atoms with E-state index >= 15 is 0 Å². The smallest absolute Gasteiger partial charge is 0.311 e. The number of carbonyl (C=O) groups excluding carboxylic acids is 2. The molecular formula is C13H15N5O3. The second-order valence-corrected chi connectivity index (χ2v) is 5.09. The first-order valence-electron chi connectivity index (χ1n) is 6.59. The maximum absolute atomic E-state index is 12.0. The monoisotopic (exact) mass is 289 g/mol. The van der Waals surface area contributed by atoms with E-state index in [9.17, 15) is 9.59 Å². The molecule has 1 atom stereocenters. The third kappa shape index (κ3) is 2.22. The second-order valence-electron chi connectivity index (χ2n) is 5.09. The van der Waals surface area contributed by atoms with Gasteiger partial charge in [0, 0.05) is 24.4 Å². The number of aryl methyl sites for hydroxylation is 2. The summed E-state index contributed by atoms with van der Waals surface area (Å²) in [5.41, 5.74) is 1.71. The molecular weight excluding hydrogens is 274 g/mol. The Morgan fingerprint density at radius 3 is 2.86 bits per heavy atom. The molecule has 3 heterocycles. The van der Waals surface area contributed by atoms with E-state index in [-0.39, 0.29) is 30.8 Å². The number of esters is 1. The first kappa shape index (κ1) is 13.5. The fraction of sp³-hybridized carbons (Fsp3) is 0.462. The van der Waals surface area contributed by atoms with Crippen LogP contribution in [0.4, 0.5) is 5.95 Å². The standard InChI is InChI=1S/C13H15N5O3/c1-7-4-8(2)18-12(14-7)15-13(16-18)17-6-9(5-10(17)19)11(20)21-3/h4,9H,5-6H2,1-3H3. The number of amides is 1. The molecule has 8 nitrogen and oxygen atoms in total. The quantitative estimate of drug-likeness (QED) is 0.737. The van der Waals surface area contributed by atoms with E-state index in [1.807, 2.05) is 19.9 Å². The Bertz CT molecular complexity index is 739. The third-order valence-electron chi connectivity index (χ3n) is 3.51. The van der Waals surface area contributed by atoms with Gasteiger partial charge < -0.3 is 4.74 Å². The molecule has 1 aliphatic heterocycles. The lowest BCUT2D eigenvalue weighted by molar-refractivity contribution is -0.145. The predicted octanol–water partition coefficient (Wildman–Crippen LogP) is 0.267. The maximum atomic E-state index is 12.0. The van der Waals surface area contributed by atoms with E-state index in [1.165, 1.54) is 12.0 Å². The zero-order valence-corrected chi connectivity index (χ0v) is 12.0. The Hall–Kier alpha value is -2.51. The molecule has 110 valence electrons. The van der Waals surface area contributed by atoms with Crippen LogP contribution in [-0.2, 0) is 14.3 Å². The van der Waals surface area contributed by atoms with Gasteiger partial charge in [0.25, 0.3) is 11.7 Å². The summed E-state index contributed by atoms with van der Waals surface area (Å²) in [6.45, 7) is 4.00. The van der Waals surface area contributed by atoms with Crippen LogP contribution in [0, 0.1) is 19.8 Å². The number of anilines is 1. The predicted molar refractivity (Wildman–Crippen MR) is 72.7 cm³/mol. The Morgan fingerprint density at radius 2 is 2.14 bits per heavy atom. The van der Waals surface area contributed by atoms with Crippen LogP contribution in [0.25, 0.3) is 5.78 Å². The number of carbonyl (C=O) groups is 2. The van der Waals surface area contributed by atoms with Crippen molar-refractivity contribution in [3.63, 3.8) is 0 Å². The average Bonchev–Trinajstić information content (AvgIpc) is 3.01. The molecule has 0 aromatic carbocycles. The number of rotatable bonds is 2. The van der Waals surface area contributed by atoms with Crippen LogP contribution in [0.15, 0.2) is 6.07 Å². The van der Waals surface area contributed by atoms with Crippen molar-refractivity contribution >= 4 is 23.6 Å². The summed E-state index contributed by atoms with van der Waals surface area (Å²) in [7, 11) is 1.31. The molecule has 1 fully saturated rings. The molecule has 1 unspecified atom stereocenters.